The van der Waals surface area contributed by atoms with E-state index in [1.54, 1.807) is 17.0 Å². The van der Waals surface area contributed by atoms with E-state index in [1.807, 2.05) is 55.1 Å². The van der Waals surface area contributed by atoms with Gasteiger partial charge in [0.25, 0.3) is 0 Å². The second kappa shape index (κ2) is 7.77. The van der Waals surface area contributed by atoms with Crippen molar-refractivity contribution >= 4 is 28.4 Å². The Morgan fingerprint density at radius 1 is 1.10 bits per heavy atom. The number of aliphatic hydroxyl groups excluding tert-OH is 1. The Labute approximate surface area is 171 Å². The van der Waals surface area contributed by atoms with Crippen LogP contribution in [0, 0.1) is 11.3 Å². The smallest absolute Gasteiger partial charge is 0.191 e. The minimum Gasteiger partial charge on any atom is -0.510 e. The van der Waals surface area contributed by atoms with E-state index in [1.165, 1.54) is 11.8 Å². The molecule has 0 unspecified atom stereocenters. The van der Waals surface area contributed by atoms with E-state index in [0.29, 0.717) is 16.8 Å². The summed E-state index contributed by atoms with van der Waals surface area (Å²) in [7, 11) is 3.68. The quantitative estimate of drug-likeness (QED) is 0.309. The highest BCUT2D eigenvalue weighted by Gasteiger charge is 2.18. The predicted molar refractivity (Wildman–Crippen MR) is 111 cm³/mol. The zero-order valence-electron chi connectivity index (χ0n) is 15.8. The molecule has 0 aliphatic carbocycles. The fourth-order valence-electron chi connectivity index (χ4n) is 3.01. The Morgan fingerprint density at radius 2 is 1.86 bits per heavy atom. The second-order valence-electron chi connectivity index (χ2n) is 6.31. The Kier molecular flexibility index (Phi) is 5.01. The van der Waals surface area contributed by atoms with Gasteiger partial charge >= 0.3 is 0 Å². The lowest BCUT2D eigenvalue weighted by Crippen LogP contribution is -2.01. The number of imidazole rings is 1. The Morgan fingerprint density at radius 3 is 2.59 bits per heavy atom. The molecule has 0 saturated heterocycles. The number of hydrogen-bond acceptors (Lipinski definition) is 7. The average Bonchev–Trinajstić information content (AvgIpc) is 3.28. The minimum absolute atomic E-state index is 0.0515. The monoisotopic (exact) mass is 403 g/mol. The van der Waals surface area contributed by atoms with Crippen molar-refractivity contribution in [1.29, 1.82) is 5.26 Å². The highest BCUT2D eigenvalue weighted by molar-refractivity contribution is 7.99. The van der Waals surface area contributed by atoms with Gasteiger partial charge in [-0.15, -0.1) is 10.2 Å². The first-order valence-corrected chi connectivity index (χ1v) is 9.75. The summed E-state index contributed by atoms with van der Waals surface area (Å²) in [6.45, 7) is 0. The van der Waals surface area contributed by atoms with E-state index in [9.17, 15) is 10.4 Å². The number of aromatic nitrogens is 6. The Bertz CT molecular complexity index is 1250. The molecule has 29 heavy (non-hydrogen) atoms. The van der Waals surface area contributed by atoms with Crippen LogP contribution in [-0.2, 0) is 14.1 Å². The van der Waals surface area contributed by atoms with Crippen molar-refractivity contribution in [2.45, 2.75) is 5.16 Å². The number of allylic oxidation sites excluding steroid dienone is 1. The van der Waals surface area contributed by atoms with Gasteiger partial charge in [-0.25, -0.2) is 4.98 Å². The van der Waals surface area contributed by atoms with Gasteiger partial charge in [-0.2, -0.15) is 5.26 Å². The van der Waals surface area contributed by atoms with Crippen molar-refractivity contribution in [3.63, 3.8) is 0 Å². The van der Waals surface area contributed by atoms with Crippen LogP contribution in [0.15, 0.2) is 59.7 Å². The highest BCUT2D eigenvalue weighted by atomic mass is 32.2. The van der Waals surface area contributed by atoms with Gasteiger partial charge in [0.15, 0.2) is 16.8 Å². The van der Waals surface area contributed by atoms with E-state index in [-0.39, 0.29) is 17.1 Å². The van der Waals surface area contributed by atoms with Gasteiger partial charge in [0.2, 0.25) is 0 Å². The number of thioether (sulfide) groups is 1. The molecule has 0 amide bonds. The van der Waals surface area contributed by atoms with Crippen molar-refractivity contribution in [3.05, 3.63) is 60.4 Å². The molecule has 0 spiro atoms. The molecule has 144 valence electrons. The van der Waals surface area contributed by atoms with Gasteiger partial charge in [-0.1, -0.05) is 23.9 Å². The van der Waals surface area contributed by atoms with Gasteiger partial charge in [-0.3, -0.25) is 4.98 Å². The minimum atomic E-state index is -0.0515. The third kappa shape index (κ3) is 3.46. The van der Waals surface area contributed by atoms with Crippen LogP contribution in [0.4, 0.5) is 0 Å². The molecular formula is C20H17N7OS. The van der Waals surface area contributed by atoms with Crippen molar-refractivity contribution in [2.75, 3.05) is 5.75 Å². The zero-order valence-corrected chi connectivity index (χ0v) is 16.6. The van der Waals surface area contributed by atoms with Crippen molar-refractivity contribution in [1.82, 2.24) is 29.3 Å². The van der Waals surface area contributed by atoms with E-state index < -0.39 is 0 Å². The predicted octanol–water partition coefficient (Wildman–Crippen LogP) is 3.35. The maximum Gasteiger partial charge on any atom is 0.191 e. The number of nitrogens with zero attached hydrogens (tertiary/aromatic N) is 7. The number of hydrogen-bond donors (Lipinski definition) is 1. The fourth-order valence-corrected chi connectivity index (χ4v) is 3.80. The molecular weight excluding hydrogens is 386 g/mol. The number of rotatable bonds is 5. The van der Waals surface area contributed by atoms with Gasteiger partial charge in [-0.05, 0) is 24.3 Å². The summed E-state index contributed by atoms with van der Waals surface area (Å²) >= 11 is 1.30. The lowest BCUT2D eigenvalue weighted by atomic mass is 10.2. The Balaban J connectivity index is 1.60. The number of aryl methyl sites for hydroxylation is 1. The molecule has 0 atom stereocenters. The molecule has 3 heterocycles. The summed E-state index contributed by atoms with van der Waals surface area (Å²) in [5, 5.41) is 29.3. The van der Waals surface area contributed by atoms with Crippen molar-refractivity contribution in [2.24, 2.45) is 14.1 Å². The van der Waals surface area contributed by atoms with Crippen LogP contribution in [0.3, 0.4) is 0 Å². The summed E-state index contributed by atoms with van der Waals surface area (Å²) in [5.74, 6) is 1.26. The number of fused-ring (bicyclic) bond motifs is 1. The highest BCUT2D eigenvalue weighted by Crippen LogP contribution is 2.27. The summed E-state index contributed by atoms with van der Waals surface area (Å²) in [6.07, 6.45) is 3.39. The molecule has 4 rings (SSSR count). The molecule has 4 aromatic rings. The summed E-state index contributed by atoms with van der Waals surface area (Å²) in [4.78, 5) is 8.50. The van der Waals surface area contributed by atoms with Crippen LogP contribution in [-0.4, -0.2) is 40.2 Å². The first kappa shape index (κ1) is 18.7. The number of benzene rings is 1. The third-order valence-electron chi connectivity index (χ3n) is 4.52. The second-order valence-corrected chi connectivity index (χ2v) is 7.25. The van der Waals surface area contributed by atoms with E-state index in [2.05, 4.69) is 26.2 Å². The summed E-state index contributed by atoms with van der Waals surface area (Å²) < 4.78 is 3.65. The Hall–Kier alpha value is -3.64. The molecule has 1 N–H and O–H groups in total. The van der Waals surface area contributed by atoms with Gasteiger partial charge < -0.3 is 14.2 Å². The standard InChI is InChI=1S/C20H17N7OS/c1-26-16-6-4-3-5-15(16)23-19(26)14(11-21)17(28)12-29-20-25-24-18(27(20)2)13-7-9-22-10-8-13/h3-10,28H,12H2,1-2H3/b17-14-. The number of pyridine rings is 1. The lowest BCUT2D eigenvalue weighted by molar-refractivity contribution is 0.420. The molecule has 0 aliphatic heterocycles. The van der Waals surface area contributed by atoms with Gasteiger partial charge in [0.05, 0.1) is 16.8 Å². The molecule has 0 saturated carbocycles. The number of nitriles is 1. The molecule has 8 nitrogen and oxygen atoms in total. The maximum absolute atomic E-state index is 10.6. The number of aliphatic hydroxyl groups is 1. The first-order chi connectivity index (χ1) is 14.1. The molecule has 0 fully saturated rings. The molecule has 0 aliphatic rings. The summed E-state index contributed by atoms with van der Waals surface area (Å²) in [6, 6.07) is 13.4. The lowest BCUT2D eigenvalue weighted by Gasteiger charge is -2.06. The molecule has 0 radical (unpaired) electrons. The average molecular weight is 403 g/mol. The van der Waals surface area contributed by atoms with E-state index in [0.717, 1.165) is 16.6 Å². The van der Waals surface area contributed by atoms with E-state index >= 15 is 0 Å². The zero-order chi connectivity index (χ0) is 20.4. The van der Waals surface area contributed by atoms with Crippen LogP contribution in [0.25, 0.3) is 28.0 Å². The van der Waals surface area contributed by atoms with Crippen molar-refractivity contribution in [3.8, 4) is 17.5 Å². The SMILES string of the molecule is Cn1c(SC/C(O)=C(\C#N)c2nc3ccccc3n2C)nnc1-c1ccncc1. The fraction of sp³-hybridized carbons (Fsp3) is 0.150. The molecule has 0 bridgehead atoms. The van der Waals surface area contributed by atoms with Crippen LogP contribution >= 0.6 is 11.8 Å². The number of para-hydroxylation sites is 2. The molecule has 3 aromatic heterocycles. The third-order valence-corrected chi connectivity index (χ3v) is 5.55. The first-order valence-electron chi connectivity index (χ1n) is 8.76. The van der Waals surface area contributed by atoms with Crippen LogP contribution in [0.1, 0.15) is 5.82 Å². The van der Waals surface area contributed by atoms with Crippen LogP contribution in [0.2, 0.25) is 0 Å². The molecule has 1 aromatic carbocycles. The van der Waals surface area contributed by atoms with Crippen molar-refractivity contribution < 1.29 is 5.11 Å². The normalized spacial score (nSPS) is 12.0. The topological polar surface area (TPSA) is 105 Å². The van der Waals surface area contributed by atoms with Gasteiger partial charge in [0.1, 0.15) is 17.4 Å². The maximum atomic E-state index is 10.6. The molecule has 9 heteroatoms. The summed E-state index contributed by atoms with van der Waals surface area (Å²) in [5.41, 5.74) is 2.71. The van der Waals surface area contributed by atoms with E-state index in [4.69, 9.17) is 0 Å². The largest absolute Gasteiger partial charge is 0.510 e. The van der Waals surface area contributed by atoms with Crippen LogP contribution in [0.5, 0.6) is 0 Å². The van der Waals surface area contributed by atoms with Gasteiger partial charge in [0, 0.05) is 32.1 Å². The van der Waals surface area contributed by atoms with Crippen LogP contribution < -0.4 is 0 Å².